The largest absolute Gasteiger partial charge is 0.478 e. The lowest BCUT2D eigenvalue weighted by Gasteiger charge is -2.22. The zero-order valence-corrected chi connectivity index (χ0v) is 19.7. The molecule has 0 bridgehead atoms. The summed E-state index contributed by atoms with van der Waals surface area (Å²) >= 11 is 0. The molecule has 0 amide bonds. The first-order valence-corrected chi connectivity index (χ1v) is 12.1. The number of carboxylic acids is 1. The van der Waals surface area contributed by atoms with Gasteiger partial charge in [-0.15, -0.1) is 0 Å². The number of fused-ring (bicyclic) bond motifs is 1. The van der Waals surface area contributed by atoms with Gasteiger partial charge in [-0.2, -0.15) is 4.31 Å². The highest BCUT2D eigenvalue weighted by Crippen LogP contribution is 2.23. The van der Waals surface area contributed by atoms with E-state index in [1.807, 2.05) is 26.0 Å². The van der Waals surface area contributed by atoms with Gasteiger partial charge in [0.1, 0.15) is 0 Å². The van der Waals surface area contributed by atoms with E-state index in [4.69, 9.17) is 0 Å². The Hall–Kier alpha value is -3.01. The maximum absolute atomic E-state index is 13.5. The first kappa shape index (κ1) is 24.6. The molecule has 176 valence electrons. The number of aromatic amines is 1. The molecule has 0 aliphatic carbocycles. The number of aryl methyl sites for hydroxylation is 3. The summed E-state index contributed by atoms with van der Waals surface area (Å²) in [7, 11) is -4.05. The van der Waals surface area contributed by atoms with Gasteiger partial charge in [0.25, 0.3) is 5.56 Å². The average Bonchev–Trinajstić information content (AvgIpc) is 2.77. The molecule has 3 N–H and O–H groups in total. The topological polar surface area (TPSA) is 128 Å². The number of sulfonamides is 1. The molecule has 0 spiro atoms. The Labute approximate surface area is 192 Å². The molecule has 0 atom stereocenters. The fourth-order valence-corrected chi connectivity index (χ4v) is 5.25. The van der Waals surface area contributed by atoms with Gasteiger partial charge in [0, 0.05) is 30.8 Å². The number of aromatic nitrogens is 1. The molecule has 0 saturated heterocycles. The first-order valence-electron chi connectivity index (χ1n) is 10.7. The van der Waals surface area contributed by atoms with Crippen LogP contribution in [0.15, 0.2) is 46.1 Å². The summed E-state index contributed by atoms with van der Waals surface area (Å²) in [5.74, 6) is -1.12. The van der Waals surface area contributed by atoms with Crippen LogP contribution in [0.5, 0.6) is 0 Å². The van der Waals surface area contributed by atoms with E-state index in [0.717, 1.165) is 20.8 Å². The van der Waals surface area contributed by atoms with Crippen molar-refractivity contribution in [2.24, 2.45) is 0 Å². The Morgan fingerprint density at radius 2 is 1.76 bits per heavy atom. The van der Waals surface area contributed by atoms with E-state index in [1.54, 1.807) is 13.0 Å². The summed E-state index contributed by atoms with van der Waals surface area (Å²) < 4.78 is 28.0. The van der Waals surface area contributed by atoms with Gasteiger partial charge in [0.2, 0.25) is 10.0 Å². The van der Waals surface area contributed by atoms with Gasteiger partial charge in [0.15, 0.2) is 0 Å². The van der Waals surface area contributed by atoms with Crippen LogP contribution in [0.25, 0.3) is 10.9 Å². The lowest BCUT2D eigenvalue weighted by Crippen LogP contribution is -2.34. The Kier molecular flexibility index (Phi) is 7.36. The minimum Gasteiger partial charge on any atom is -0.478 e. The van der Waals surface area contributed by atoms with E-state index >= 15 is 0 Å². The van der Waals surface area contributed by atoms with Crippen molar-refractivity contribution in [3.63, 3.8) is 0 Å². The van der Waals surface area contributed by atoms with Crippen LogP contribution in [0.4, 0.5) is 0 Å². The summed E-state index contributed by atoms with van der Waals surface area (Å²) in [4.78, 5) is 26.9. The normalized spacial score (nSPS) is 11.9. The number of hydrogen-bond donors (Lipinski definition) is 3. The number of aliphatic hydroxyl groups excluding tert-OH is 1. The number of aliphatic hydroxyl groups is 1. The first-order chi connectivity index (χ1) is 15.6. The lowest BCUT2D eigenvalue weighted by atomic mass is 10.0. The number of rotatable bonds is 9. The minimum absolute atomic E-state index is 0.00533. The third-order valence-corrected chi connectivity index (χ3v) is 7.61. The predicted octanol–water partition coefficient (Wildman–Crippen LogP) is 2.98. The summed E-state index contributed by atoms with van der Waals surface area (Å²) in [6, 6.07) is 9.42. The summed E-state index contributed by atoms with van der Waals surface area (Å²) in [6.45, 7) is 5.28. The number of carboxylic acid groups (broad SMARTS) is 1. The summed E-state index contributed by atoms with van der Waals surface area (Å²) in [5.41, 5.74) is 3.12. The molecule has 33 heavy (non-hydrogen) atoms. The molecule has 0 radical (unpaired) electrons. The minimum atomic E-state index is -4.05. The average molecular weight is 473 g/mol. The fraction of sp³-hybridized carbons (Fsp3) is 0.333. The van der Waals surface area contributed by atoms with Crippen LogP contribution in [0, 0.1) is 13.8 Å². The van der Waals surface area contributed by atoms with Crippen molar-refractivity contribution in [2.75, 3.05) is 13.2 Å². The second-order valence-corrected chi connectivity index (χ2v) is 9.98. The zero-order valence-electron chi connectivity index (χ0n) is 18.9. The molecule has 0 unspecified atom stereocenters. The van der Waals surface area contributed by atoms with Crippen molar-refractivity contribution in [2.45, 2.75) is 45.1 Å². The fourth-order valence-electron chi connectivity index (χ4n) is 3.74. The molecule has 1 heterocycles. The van der Waals surface area contributed by atoms with Crippen LogP contribution < -0.4 is 5.56 Å². The van der Waals surface area contributed by atoms with Crippen molar-refractivity contribution in [1.29, 1.82) is 0 Å². The number of pyridine rings is 1. The number of benzene rings is 2. The SMILES string of the molecule is CCc1cc(S(=O)(=O)N(CCCO)Cc2cc3cc(C)c(C)cc3[nH]c2=O)ccc1C(=O)O. The Bertz CT molecular complexity index is 1360. The van der Waals surface area contributed by atoms with E-state index in [2.05, 4.69) is 4.98 Å². The Balaban J connectivity index is 2.05. The number of H-pyrrole nitrogens is 1. The number of hydrogen-bond acceptors (Lipinski definition) is 5. The van der Waals surface area contributed by atoms with Gasteiger partial charge in [0.05, 0.1) is 10.5 Å². The monoisotopic (exact) mass is 472 g/mol. The molecule has 8 nitrogen and oxygen atoms in total. The predicted molar refractivity (Wildman–Crippen MR) is 126 cm³/mol. The quantitative estimate of drug-likeness (QED) is 0.439. The van der Waals surface area contributed by atoms with E-state index in [0.29, 0.717) is 17.5 Å². The number of nitrogens with one attached hydrogen (secondary N) is 1. The zero-order chi connectivity index (χ0) is 24.3. The smallest absolute Gasteiger partial charge is 0.335 e. The maximum atomic E-state index is 13.5. The van der Waals surface area contributed by atoms with Crippen molar-refractivity contribution < 1.29 is 23.4 Å². The summed E-state index contributed by atoms with van der Waals surface area (Å²) in [5, 5.41) is 19.4. The van der Waals surface area contributed by atoms with Gasteiger partial charge in [-0.3, -0.25) is 4.79 Å². The highest BCUT2D eigenvalue weighted by Gasteiger charge is 2.26. The number of aromatic carboxylic acids is 1. The van der Waals surface area contributed by atoms with Gasteiger partial charge >= 0.3 is 5.97 Å². The standard InChI is InChI=1S/C24H28N2O6S/c1-4-17-13-20(6-7-21(17)24(29)30)33(31,32)26(8-5-9-27)14-19-12-18-10-15(2)16(3)11-22(18)25-23(19)28/h6-7,10-13,27H,4-5,8-9,14H2,1-3H3,(H,25,28)(H,29,30). The van der Waals surface area contributed by atoms with E-state index in [-0.39, 0.29) is 47.7 Å². The number of nitrogens with zero attached hydrogens (tertiary/aromatic N) is 1. The lowest BCUT2D eigenvalue weighted by molar-refractivity contribution is 0.0695. The van der Waals surface area contributed by atoms with Crippen molar-refractivity contribution in [1.82, 2.24) is 9.29 Å². The highest BCUT2D eigenvalue weighted by atomic mass is 32.2. The van der Waals surface area contributed by atoms with Crippen LogP contribution in [0.2, 0.25) is 0 Å². The molecular formula is C24H28N2O6S. The Morgan fingerprint density at radius 3 is 2.39 bits per heavy atom. The van der Waals surface area contributed by atoms with Crippen LogP contribution in [0.3, 0.4) is 0 Å². The molecule has 0 fully saturated rings. The van der Waals surface area contributed by atoms with Crippen molar-refractivity contribution in [3.8, 4) is 0 Å². The van der Waals surface area contributed by atoms with Crippen LogP contribution in [0.1, 0.15) is 46.0 Å². The molecule has 0 saturated carbocycles. The molecule has 3 aromatic rings. The third-order valence-electron chi connectivity index (χ3n) is 5.77. The van der Waals surface area contributed by atoms with Crippen molar-refractivity contribution >= 4 is 26.9 Å². The molecule has 2 aromatic carbocycles. The van der Waals surface area contributed by atoms with E-state index < -0.39 is 16.0 Å². The molecule has 3 rings (SSSR count). The van der Waals surface area contributed by atoms with Crippen LogP contribution >= 0.6 is 0 Å². The Morgan fingerprint density at radius 1 is 1.06 bits per heavy atom. The summed E-state index contributed by atoms with van der Waals surface area (Å²) in [6.07, 6.45) is 0.543. The van der Waals surface area contributed by atoms with Crippen LogP contribution in [-0.2, 0) is 23.0 Å². The highest BCUT2D eigenvalue weighted by molar-refractivity contribution is 7.89. The van der Waals surface area contributed by atoms with E-state index in [9.17, 15) is 28.2 Å². The van der Waals surface area contributed by atoms with Crippen LogP contribution in [-0.4, -0.2) is 47.0 Å². The molecule has 0 aliphatic heterocycles. The van der Waals surface area contributed by atoms with E-state index in [1.165, 1.54) is 18.2 Å². The maximum Gasteiger partial charge on any atom is 0.335 e. The second kappa shape index (κ2) is 9.86. The van der Waals surface area contributed by atoms with Crippen molar-refractivity contribution in [3.05, 3.63) is 74.6 Å². The van der Waals surface area contributed by atoms with Gasteiger partial charge in [-0.25, -0.2) is 13.2 Å². The molecular weight excluding hydrogens is 444 g/mol. The van der Waals surface area contributed by atoms with Gasteiger partial charge in [-0.05, 0) is 85.2 Å². The third kappa shape index (κ3) is 5.16. The van der Waals surface area contributed by atoms with Gasteiger partial charge < -0.3 is 15.2 Å². The molecule has 0 aliphatic rings. The number of carbonyl (C=O) groups is 1. The molecule has 1 aromatic heterocycles. The second-order valence-electron chi connectivity index (χ2n) is 8.04. The van der Waals surface area contributed by atoms with Gasteiger partial charge in [-0.1, -0.05) is 6.92 Å². The molecule has 9 heteroatoms.